The summed E-state index contributed by atoms with van der Waals surface area (Å²) in [5, 5.41) is 340. The zero-order chi connectivity index (χ0) is 100. The first-order valence-electron chi connectivity index (χ1n) is 43.5. The second kappa shape index (κ2) is 48.8. The molecular weight excluding hydrogens is 1860 g/mol. The van der Waals surface area contributed by atoms with Crippen molar-refractivity contribution in [3.8, 4) is 0 Å². The Labute approximate surface area is 770 Å². The van der Waals surface area contributed by atoms with Crippen LogP contribution in [0.1, 0.15) is 41.5 Å². The van der Waals surface area contributed by atoms with E-state index in [1.807, 2.05) is 0 Å². The molecule has 136 heavy (non-hydrogen) atoms. The molecule has 0 saturated carbocycles. The predicted molar refractivity (Wildman–Crippen MR) is 419 cm³/mol. The summed E-state index contributed by atoms with van der Waals surface area (Å²) in [4.78, 5) is 66.1. The quantitative estimate of drug-likeness (QED) is 0.0280. The number of nitrogens with one attached hydrogen (secondary N) is 5. The van der Waals surface area contributed by atoms with Crippen molar-refractivity contribution < 1.29 is 272 Å². The van der Waals surface area contributed by atoms with E-state index in [1.165, 1.54) is 6.92 Å². The van der Waals surface area contributed by atoms with Crippen LogP contribution in [0.3, 0.4) is 0 Å². The summed E-state index contributed by atoms with van der Waals surface area (Å²) in [5.74, 6) is -4.97. The van der Waals surface area contributed by atoms with Crippen molar-refractivity contribution in [2.24, 2.45) is 0 Å². The monoisotopic (exact) mass is 1990 g/mol. The molecule has 11 saturated heterocycles. The van der Waals surface area contributed by atoms with Crippen molar-refractivity contribution in [2.45, 2.75) is 379 Å². The largest absolute Gasteiger partial charge is 0.394 e. The Morgan fingerprint density at radius 1 is 0.206 bits per heavy atom. The SMILES string of the molecule is CC(=O)N[C@H]1[C@@H](O[C@H]2[C@@H](O)[C@@H](CO)O[C@@H](O[C@H]3[C@H](O)[C@@H](CO)O[C@@H](OC[C@H]4O[C@@H](O[C@H]5[C@H](O)[C@@H](CO)O[C@@H](O[C@H]6[C@@H](O)[C@@H](CO)O[C@@H](O[C@H]7[C@H](O)[C@@H](O)[C@H](O)O[C@@H]7CO)[C@@H]6O)[C@@H]5NC(C)=O)[C@H](O)[C@@H](O[C@@H]5O[C@H](CO)[C@@H](O)[C@H](O[C@@H]6O[C@H](CO)[C@H](O)[C@H](O[C@H]7O[C@H](CO)[C@H](O)[C@H](O)[C@H]7NC(C)=O)[C@H]6O[C@@H]6O[C@@H](C)[C@@H](O)[C@@H](O)[C@@H]6O)[C@H]5NC(C)=O)[C@H]4O)[C@@H]3NC(C)=O)[C@@H]2O)O[C@H](CO)[C@H](O)[C@@H]1O. The topological polar surface area (TPSA) is 926 Å². The number of aliphatic hydroxyl groups excluding tert-OH is 29. The molecule has 11 rings (SSSR count). The van der Waals surface area contributed by atoms with Gasteiger partial charge in [-0.1, -0.05) is 0 Å². The van der Waals surface area contributed by atoms with Crippen molar-refractivity contribution in [3.63, 3.8) is 0 Å². The second-order valence-corrected chi connectivity index (χ2v) is 34.5. The standard InChI is InChI=1S/C76H127N5O55/c1-17-38(96)50(108)53(111)72(117-17)136-65-64(135-69-34(78-19(3)92)49(107)40(98)24(8-83)121-69)46(104)30(14-89)126-76(65)131-60-37(81-22(6)95)71(123-27(11-86)43(60)101)134-63-47(105)32(16-116-67-35(79-20(4)93)58(41(99)25(9-84)119-67)129-74-55(113)61(44(102)29(13-88)125-74)132-68-33(77-18(2)91)48(106)39(97)23(7-82)120-68)127-75(56(63)114)130-59-36(80-21(5)94)70(122-26(10-85)42(59)100)133-62-45(103)28(12-87)124-73(54(62)112)128-57-31(15-90)118-66(115)52(110)51(57)109/h17,23-76,82-90,96-115H,7-16H2,1-6H3,(H,77,91)(H,78,92)(H,79,93)(H,80,94)(H,81,95)/t17-,23+,24+,25+,26+,27+,28+,29+,30+,31+,32+,33+,34+,35+,36+,37+,38+,39-,40-,41+,42+,43+,44-,45-,46-,47-,48+,49+,50+,51+,52+,53-,54+,55+,56+,57+,58+,59+,60+,61-,62-,63-,64-,65+,66+,67+,68+,69+,70-,71-,72-,73-,74-,75-,76-/m0/s1. The number of ether oxygens (including phenoxy) is 21. The van der Waals surface area contributed by atoms with Crippen LogP contribution in [-0.2, 0) is 123 Å². The van der Waals surface area contributed by atoms with Gasteiger partial charge in [0, 0.05) is 34.6 Å². The van der Waals surface area contributed by atoms with Crippen LogP contribution in [0.15, 0.2) is 0 Å². The number of aliphatic hydroxyl groups is 29. The van der Waals surface area contributed by atoms with Crippen molar-refractivity contribution in [3.05, 3.63) is 0 Å². The molecule has 0 spiro atoms. The van der Waals surface area contributed by atoms with Gasteiger partial charge in [0.15, 0.2) is 69.2 Å². The zero-order valence-corrected chi connectivity index (χ0v) is 73.4. The lowest BCUT2D eigenvalue weighted by molar-refractivity contribution is -0.401. The lowest BCUT2D eigenvalue weighted by Crippen LogP contribution is -2.72. The van der Waals surface area contributed by atoms with Gasteiger partial charge in [-0.3, -0.25) is 24.0 Å². The highest BCUT2D eigenvalue weighted by atomic mass is 16.8. The highest BCUT2D eigenvalue weighted by molar-refractivity contribution is 5.75. The molecule has 11 aliphatic rings. The highest BCUT2D eigenvalue weighted by Crippen LogP contribution is 2.43. The fraction of sp³-hybridized carbons (Fsp3) is 0.934. The molecule has 5 amide bonds. The first-order valence-corrected chi connectivity index (χ1v) is 43.5. The minimum atomic E-state index is -2.72. The molecular formula is C76H127N5O55. The average molecular weight is 1990 g/mol. The Morgan fingerprint density at radius 2 is 0.456 bits per heavy atom. The average Bonchev–Trinajstić information content (AvgIpc) is 0.762. The number of amides is 5. The molecule has 34 N–H and O–H groups in total. The van der Waals surface area contributed by atoms with Crippen LogP contribution in [-0.4, -0.2) is 581 Å². The number of carbonyl (C=O) groups is 5. The van der Waals surface area contributed by atoms with Gasteiger partial charge in [0.25, 0.3) is 0 Å². The third-order valence-electron chi connectivity index (χ3n) is 24.9. The molecule has 0 aromatic heterocycles. The van der Waals surface area contributed by atoms with Gasteiger partial charge in [0.05, 0.1) is 72.2 Å². The van der Waals surface area contributed by atoms with Crippen LogP contribution < -0.4 is 26.6 Å². The normalized spacial score (nSPS) is 49.2. The Morgan fingerprint density at radius 3 is 0.816 bits per heavy atom. The molecule has 786 valence electrons. The molecule has 0 unspecified atom stereocenters. The van der Waals surface area contributed by atoms with Gasteiger partial charge in [-0.25, -0.2) is 0 Å². The van der Waals surface area contributed by atoms with Gasteiger partial charge >= 0.3 is 0 Å². The number of carbonyl (C=O) groups excluding carboxylic acids is 5. The summed E-state index contributed by atoms with van der Waals surface area (Å²) in [7, 11) is 0. The molecule has 0 radical (unpaired) electrons. The van der Waals surface area contributed by atoms with Gasteiger partial charge in [-0.15, -0.1) is 0 Å². The first kappa shape index (κ1) is 112. The summed E-state index contributed by atoms with van der Waals surface area (Å²) in [5.41, 5.74) is 0. The van der Waals surface area contributed by atoms with Gasteiger partial charge < -0.3 is 274 Å². The Hall–Kier alpha value is -4.65. The summed E-state index contributed by atoms with van der Waals surface area (Å²) < 4.78 is 127. The maximum atomic E-state index is 13.9. The molecule has 0 aromatic rings. The lowest BCUT2D eigenvalue weighted by atomic mass is 9.93. The van der Waals surface area contributed by atoms with Crippen molar-refractivity contribution in [1.29, 1.82) is 0 Å². The maximum Gasteiger partial charge on any atom is 0.217 e. The molecule has 60 nitrogen and oxygen atoms in total. The van der Waals surface area contributed by atoms with Crippen LogP contribution in [0, 0.1) is 0 Å². The van der Waals surface area contributed by atoms with Crippen LogP contribution in [0.2, 0.25) is 0 Å². The predicted octanol–water partition coefficient (Wildman–Crippen LogP) is -23.2. The van der Waals surface area contributed by atoms with E-state index in [0.29, 0.717) is 0 Å². The minimum absolute atomic E-state index is 0.846. The molecule has 11 heterocycles. The van der Waals surface area contributed by atoms with Crippen molar-refractivity contribution in [2.75, 3.05) is 66.1 Å². The molecule has 60 heteroatoms. The third kappa shape index (κ3) is 24.6. The minimum Gasteiger partial charge on any atom is -0.394 e. The van der Waals surface area contributed by atoms with Crippen LogP contribution in [0.25, 0.3) is 0 Å². The summed E-state index contributed by atoms with van der Waals surface area (Å²) >= 11 is 0. The molecule has 0 bridgehead atoms. The van der Waals surface area contributed by atoms with E-state index < -0.39 is 433 Å². The highest BCUT2D eigenvalue weighted by Gasteiger charge is 2.64. The van der Waals surface area contributed by atoms with Crippen LogP contribution in [0.4, 0.5) is 0 Å². The number of hydrogen-bond donors (Lipinski definition) is 34. The van der Waals surface area contributed by atoms with Gasteiger partial charge in [-0.05, 0) is 6.92 Å². The lowest BCUT2D eigenvalue weighted by Gasteiger charge is -2.52. The van der Waals surface area contributed by atoms with E-state index >= 15 is 0 Å². The summed E-state index contributed by atoms with van der Waals surface area (Å²) in [6.45, 7) is -5.92. The zero-order valence-electron chi connectivity index (χ0n) is 73.4. The van der Waals surface area contributed by atoms with E-state index in [-0.39, 0.29) is 0 Å². The first-order chi connectivity index (χ1) is 64.3. The molecule has 11 aliphatic heterocycles. The summed E-state index contributed by atoms with van der Waals surface area (Å²) in [6, 6.07) is -9.98. The van der Waals surface area contributed by atoms with Gasteiger partial charge in [0.2, 0.25) is 29.5 Å². The molecule has 0 aliphatic carbocycles. The van der Waals surface area contributed by atoms with E-state index in [4.69, 9.17) is 99.5 Å². The van der Waals surface area contributed by atoms with Crippen LogP contribution >= 0.6 is 0 Å². The molecule has 0 aromatic carbocycles. The number of hydrogen-bond acceptors (Lipinski definition) is 55. The van der Waals surface area contributed by atoms with Crippen molar-refractivity contribution in [1.82, 2.24) is 26.6 Å². The Kier molecular flexibility index (Phi) is 40.1. The maximum absolute atomic E-state index is 13.9. The molecule has 11 fully saturated rings. The third-order valence-corrected chi connectivity index (χ3v) is 24.9. The number of rotatable bonds is 35. The fourth-order valence-corrected chi connectivity index (χ4v) is 17.8. The van der Waals surface area contributed by atoms with Gasteiger partial charge in [0.1, 0.15) is 262 Å². The summed E-state index contributed by atoms with van der Waals surface area (Å²) in [6.07, 6.45) is -108. The van der Waals surface area contributed by atoms with E-state index in [1.54, 1.807) is 0 Å². The smallest absolute Gasteiger partial charge is 0.217 e. The van der Waals surface area contributed by atoms with Crippen molar-refractivity contribution >= 4 is 29.5 Å². The fourth-order valence-electron chi connectivity index (χ4n) is 17.8. The Bertz CT molecular complexity index is 3760. The van der Waals surface area contributed by atoms with E-state index in [2.05, 4.69) is 26.6 Å². The van der Waals surface area contributed by atoms with E-state index in [9.17, 15) is 172 Å². The van der Waals surface area contributed by atoms with Gasteiger partial charge in [-0.2, -0.15) is 0 Å². The van der Waals surface area contributed by atoms with E-state index in [0.717, 1.165) is 34.6 Å². The Balaban J connectivity index is 0.971. The molecule has 55 atom stereocenters. The second-order valence-electron chi connectivity index (χ2n) is 34.5. The van der Waals surface area contributed by atoms with Crippen LogP contribution in [0.5, 0.6) is 0 Å².